The third kappa shape index (κ3) is 3.01. The van der Waals surface area contributed by atoms with Gasteiger partial charge in [-0.3, -0.25) is 0 Å². The van der Waals surface area contributed by atoms with Crippen molar-refractivity contribution >= 4 is 15.9 Å². The summed E-state index contributed by atoms with van der Waals surface area (Å²) < 4.78 is 6.64. The number of halogens is 1. The van der Waals surface area contributed by atoms with Gasteiger partial charge in [-0.1, -0.05) is 40.2 Å². The standard InChI is InChI=1S/C14H13BrO2/c1-10-8-11(6-7-12(10)15)9-17-14-5-3-2-4-13(14)16/h2-8,16H,9H2,1H3. The van der Waals surface area contributed by atoms with E-state index in [0.29, 0.717) is 12.4 Å². The van der Waals surface area contributed by atoms with Gasteiger partial charge in [-0.05, 0) is 36.2 Å². The molecule has 2 rings (SSSR count). The molecule has 0 aliphatic carbocycles. The van der Waals surface area contributed by atoms with Crippen LogP contribution in [-0.4, -0.2) is 5.11 Å². The first-order chi connectivity index (χ1) is 8.16. The molecule has 0 unspecified atom stereocenters. The van der Waals surface area contributed by atoms with Gasteiger partial charge in [0.2, 0.25) is 0 Å². The van der Waals surface area contributed by atoms with Crippen LogP contribution in [0.15, 0.2) is 46.9 Å². The molecule has 2 aromatic rings. The summed E-state index contributed by atoms with van der Waals surface area (Å²) in [5, 5.41) is 9.55. The van der Waals surface area contributed by atoms with E-state index in [0.717, 1.165) is 10.0 Å². The molecular weight excluding hydrogens is 280 g/mol. The third-order valence-corrected chi connectivity index (χ3v) is 3.37. The van der Waals surface area contributed by atoms with Crippen molar-refractivity contribution in [3.8, 4) is 11.5 Å². The van der Waals surface area contributed by atoms with Gasteiger partial charge in [0.15, 0.2) is 11.5 Å². The SMILES string of the molecule is Cc1cc(COc2ccccc2O)ccc1Br. The Hall–Kier alpha value is -1.48. The van der Waals surface area contributed by atoms with E-state index in [4.69, 9.17) is 4.74 Å². The minimum atomic E-state index is 0.168. The molecule has 2 nitrogen and oxygen atoms in total. The molecule has 0 heterocycles. The second kappa shape index (κ2) is 5.23. The van der Waals surface area contributed by atoms with Crippen LogP contribution in [0, 0.1) is 6.92 Å². The highest BCUT2D eigenvalue weighted by molar-refractivity contribution is 9.10. The van der Waals surface area contributed by atoms with Crippen molar-refractivity contribution in [2.24, 2.45) is 0 Å². The van der Waals surface area contributed by atoms with Crippen LogP contribution in [0.4, 0.5) is 0 Å². The van der Waals surface area contributed by atoms with Crippen molar-refractivity contribution in [3.63, 3.8) is 0 Å². The predicted octanol–water partition coefficient (Wildman–Crippen LogP) is 4.04. The summed E-state index contributed by atoms with van der Waals surface area (Å²) in [4.78, 5) is 0. The highest BCUT2D eigenvalue weighted by Crippen LogP contribution is 2.25. The lowest BCUT2D eigenvalue weighted by Gasteiger charge is -2.08. The van der Waals surface area contributed by atoms with Crippen LogP contribution >= 0.6 is 15.9 Å². The zero-order chi connectivity index (χ0) is 12.3. The van der Waals surface area contributed by atoms with Crippen LogP contribution in [0.5, 0.6) is 11.5 Å². The maximum absolute atomic E-state index is 9.55. The molecule has 0 radical (unpaired) electrons. The summed E-state index contributed by atoms with van der Waals surface area (Å²) in [6, 6.07) is 13.0. The predicted molar refractivity (Wildman–Crippen MR) is 71.3 cm³/mol. The Morgan fingerprint density at radius 2 is 1.94 bits per heavy atom. The van der Waals surface area contributed by atoms with Gasteiger partial charge in [-0.2, -0.15) is 0 Å². The topological polar surface area (TPSA) is 29.5 Å². The molecule has 0 spiro atoms. The number of para-hydroxylation sites is 2. The Morgan fingerprint density at radius 1 is 1.18 bits per heavy atom. The number of phenols is 1. The van der Waals surface area contributed by atoms with Crippen molar-refractivity contribution < 1.29 is 9.84 Å². The maximum atomic E-state index is 9.55. The van der Waals surface area contributed by atoms with Crippen LogP contribution < -0.4 is 4.74 Å². The lowest BCUT2D eigenvalue weighted by atomic mass is 10.1. The van der Waals surface area contributed by atoms with Gasteiger partial charge in [0.25, 0.3) is 0 Å². The monoisotopic (exact) mass is 292 g/mol. The van der Waals surface area contributed by atoms with Crippen LogP contribution in [-0.2, 0) is 6.61 Å². The summed E-state index contributed by atoms with van der Waals surface area (Å²) in [6.07, 6.45) is 0. The molecule has 0 bridgehead atoms. The van der Waals surface area contributed by atoms with Crippen molar-refractivity contribution in [2.75, 3.05) is 0 Å². The van der Waals surface area contributed by atoms with Crippen LogP contribution in [0.2, 0.25) is 0 Å². The first kappa shape index (κ1) is 12.0. The number of aromatic hydroxyl groups is 1. The first-order valence-electron chi connectivity index (χ1n) is 5.32. The van der Waals surface area contributed by atoms with E-state index < -0.39 is 0 Å². The second-order valence-electron chi connectivity index (χ2n) is 3.84. The number of hydrogen-bond acceptors (Lipinski definition) is 2. The third-order valence-electron chi connectivity index (χ3n) is 2.48. The van der Waals surface area contributed by atoms with Crippen LogP contribution in [0.25, 0.3) is 0 Å². The molecule has 0 atom stereocenters. The second-order valence-corrected chi connectivity index (χ2v) is 4.69. The van der Waals surface area contributed by atoms with Crippen LogP contribution in [0.1, 0.15) is 11.1 Å². The van der Waals surface area contributed by atoms with Gasteiger partial charge < -0.3 is 9.84 Å². The van der Waals surface area contributed by atoms with Crippen molar-refractivity contribution in [1.82, 2.24) is 0 Å². The minimum Gasteiger partial charge on any atom is -0.504 e. The van der Waals surface area contributed by atoms with Gasteiger partial charge >= 0.3 is 0 Å². The van der Waals surface area contributed by atoms with Crippen molar-refractivity contribution in [3.05, 3.63) is 58.1 Å². The molecule has 0 saturated carbocycles. The zero-order valence-corrected chi connectivity index (χ0v) is 11.1. The van der Waals surface area contributed by atoms with Gasteiger partial charge in [0.05, 0.1) is 0 Å². The molecule has 0 saturated heterocycles. The molecule has 0 aliphatic heterocycles. The van der Waals surface area contributed by atoms with E-state index >= 15 is 0 Å². The van der Waals surface area contributed by atoms with Gasteiger partial charge in [0.1, 0.15) is 6.61 Å². The van der Waals surface area contributed by atoms with Crippen molar-refractivity contribution in [2.45, 2.75) is 13.5 Å². The number of ether oxygens (including phenoxy) is 1. The Labute approximate surface area is 109 Å². The molecule has 0 aromatic heterocycles. The fourth-order valence-corrected chi connectivity index (χ4v) is 1.78. The summed E-state index contributed by atoms with van der Waals surface area (Å²) in [5.41, 5.74) is 2.25. The lowest BCUT2D eigenvalue weighted by Crippen LogP contribution is -1.96. The highest BCUT2D eigenvalue weighted by Gasteiger charge is 2.02. The Bertz CT molecular complexity index is 523. The van der Waals surface area contributed by atoms with E-state index in [1.807, 2.05) is 25.1 Å². The number of aryl methyl sites for hydroxylation is 1. The van der Waals surface area contributed by atoms with Gasteiger partial charge in [0, 0.05) is 4.47 Å². The number of hydrogen-bond donors (Lipinski definition) is 1. The van der Waals surface area contributed by atoms with E-state index in [2.05, 4.69) is 22.0 Å². The smallest absolute Gasteiger partial charge is 0.161 e. The number of phenolic OH excluding ortho intramolecular Hbond substituents is 1. The molecule has 2 aromatic carbocycles. The van der Waals surface area contributed by atoms with E-state index in [1.165, 1.54) is 5.56 Å². The molecule has 0 fully saturated rings. The van der Waals surface area contributed by atoms with E-state index in [9.17, 15) is 5.11 Å². The molecular formula is C14H13BrO2. The molecule has 1 N–H and O–H groups in total. The Morgan fingerprint density at radius 3 is 2.65 bits per heavy atom. The van der Waals surface area contributed by atoms with Crippen LogP contribution in [0.3, 0.4) is 0 Å². The summed E-state index contributed by atoms with van der Waals surface area (Å²) in [6.45, 7) is 2.49. The summed E-state index contributed by atoms with van der Waals surface area (Å²) in [5.74, 6) is 0.675. The highest BCUT2D eigenvalue weighted by atomic mass is 79.9. The van der Waals surface area contributed by atoms with Gasteiger partial charge in [-0.25, -0.2) is 0 Å². The normalized spacial score (nSPS) is 10.2. The number of rotatable bonds is 3. The van der Waals surface area contributed by atoms with Gasteiger partial charge in [-0.15, -0.1) is 0 Å². The van der Waals surface area contributed by atoms with E-state index in [-0.39, 0.29) is 5.75 Å². The molecule has 0 aliphatic rings. The zero-order valence-electron chi connectivity index (χ0n) is 9.48. The summed E-state index contributed by atoms with van der Waals surface area (Å²) >= 11 is 3.46. The maximum Gasteiger partial charge on any atom is 0.161 e. The Balaban J connectivity index is 2.08. The average Bonchev–Trinajstić information content (AvgIpc) is 2.32. The van der Waals surface area contributed by atoms with E-state index in [1.54, 1.807) is 18.2 Å². The number of benzene rings is 2. The first-order valence-corrected chi connectivity index (χ1v) is 6.12. The van der Waals surface area contributed by atoms with Crippen molar-refractivity contribution in [1.29, 1.82) is 0 Å². The fraction of sp³-hybridized carbons (Fsp3) is 0.143. The fourth-order valence-electron chi connectivity index (χ4n) is 1.54. The summed E-state index contributed by atoms with van der Waals surface area (Å²) in [7, 11) is 0. The molecule has 88 valence electrons. The lowest BCUT2D eigenvalue weighted by molar-refractivity contribution is 0.289. The Kier molecular flexibility index (Phi) is 3.69. The average molecular weight is 293 g/mol. The minimum absolute atomic E-state index is 0.168. The molecule has 17 heavy (non-hydrogen) atoms. The largest absolute Gasteiger partial charge is 0.504 e. The molecule has 3 heteroatoms. The quantitative estimate of drug-likeness (QED) is 0.925. The molecule has 0 amide bonds.